The van der Waals surface area contributed by atoms with Crippen molar-refractivity contribution in [2.75, 3.05) is 19.6 Å². The van der Waals surface area contributed by atoms with Crippen molar-refractivity contribution in [3.63, 3.8) is 0 Å². The van der Waals surface area contributed by atoms with Gasteiger partial charge < -0.3 is 20.7 Å². The van der Waals surface area contributed by atoms with Gasteiger partial charge in [0.25, 0.3) is 5.91 Å². The number of halogens is 2. The summed E-state index contributed by atoms with van der Waals surface area (Å²) in [7, 11) is 0. The van der Waals surface area contributed by atoms with Gasteiger partial charge in [-0.25, -0.2) is 18.6 Å². The lowest BCUT2D eigenvalue weighted by Gasteiger charge is -2.25. The van der Waals surface area contributed by atoms with E-state index in [4.69, 9.17) is 10.5 Å². The van der Waals surface area contributed by atoms with Crippen molar-refractivity contribution in [2.24, 2.45) is 5.73 Å². The first-order chi connectivity index (χ1) is 22.2. The van der Waals surface area contributed by atoms with E-state index in [2.05, 4.69) is 29.4 Å². The number of nitrogens with two attached hydrogens (primary N) is 1. The average Bonchev–Trinajstić information content (AvgIpc) is 3.58. The molecule has 3 N–H and O–H groups in total. The van der Waals surface area contributed by atoms with Crippen LogP contribution in [0.3, 0.4) is 0 Å². The van der Waals surface area contributed by atoms with Gasteiger partial charge in [-0.1, -0.05) is 45.0 Å². The Kier molecular flexibility index (Phi) is 12.9. The Bertz CT molecular complexity index is 1570. The van der Waals surface area contributed by atoms with Crippen LogP contribution in [0.4, 0.5) is 8.78 Å². The molecule has 4 aromatic rings. The first kappa shape index (κ1) is 34.9. The number of hydrogen-bond donors (Lipinski definition) is 2. The van der Waals surface area contributed by atoms with Crippen LogP contribution >= 0.6 is 11.3 Å². The second kappa shape index (κ2) is 17.1. The number of aryl methyl sites for hydroxylation is 1. The molecule has 3 aromatic carbocycles. The highest BCUT2D eigenvalue weighted by molar-refractivity contribution is 7.13. The van der Waals surface area contributed by atoms with Crippen LogP contribution in [-0.2, 0) is 24.1 Å². The number of thiazole rings is 1. The van der Waals surface area contributed by atoms with Gasteiger partial charge >= 0.3 is 5.97 Å². The number of nitrogens with zero attached hydrogens (tertiary/aromatic N) is 2. The van der Waals surface area contributed by atoms with Gasteiger partial charge in [-0.05, 0) is 72.7 Å². The maximum Gasteiger partial charge on any atom is 0.338 e. The molecule has 7 nitrogen and oxygen atoms in total. The number of esters is 1. The number of amides is 1. The van der Waals surface area contributed by atoms with E-state index in [9.17, 15) is 18.4 Å². The number of benzene rings is 3. The number of carbonyl (C=O) groups is 2. The summed E-state index contributed by atoms with van der Waals surface area (Å²) >= 11 is 1.40. The standard InChI is InChI=1S/C36H42F2N4O3S/c1-4-11-42(12-5-2)35(43)28-18-27(34-41-10-13-46-34)19-29(20-28)36(44)45-33(23-40-22-25-9-7-8-24(6-3)14-25)32(39)17-26-15-30(37)21-31(38)16-26/h7-10,13-16,18-21,32-33,40H,4-6,11-12,17,22-23,39H2,1-3H3/t32-,33+/m0/s1. The molecule has 46 heavy (non-hydrogen) atoms. The van der Waals surface area contributed by atoms with Crippen molar-refractivity contribution in [3.05, 3.63) is 112 Å². The fourth-order valence-corrected chi connectivity index (χ4v) is 5.96. The Morgan fingerprint density at radius 2 is 1.63 bits per heavy atom. The molecule has 0 radical (unpaired) electrons. The number of carbonyl (C=O) groups excluding carboxylic acids is 2. The lowest BCUT2D eigenvalue weighted by atomic mass is 10.0. The summed E-state index contributed by atoms with van der Waals surface area (Å²) in [6.45, 7) is 8.01. The highest BCUT2D eigenvalue weighted by atomic mass is 32.1. The minimum absolute atomic E-state index is 0.0749. The Morgan fingerprint density at radius 3 is 2.28 bits per heavy atom. The van der Waals surface area contributed by atoms with E-state index < -0.39 is 29.7 Å². The zero-order chi connectivity index (χ0) is 33.1. The molecule has 1 amide bonds. The van der Waals surface area contributed by atoms with Crippen molar-refractivity contribution >= 4 is 23.2 Å². The molecule has 10 heteroatoms. The third-order valence-electron chi connectivity index (χ3n) is 7.57. The highest BCUT2D eigenvalue weighted by Gasteiger charge is 2.26. The van der Waals surface area contributed by atoms with Crippen molar-refractivity contribution < 1.29 is 23.1 Å². The molecule has 0 saturated heterocycles. The summed E-state index contributed by atoms with van der Waals surface area (Å²) in [4.78, 5) is 33.6. The van der Waals surface area contributed by atoms with Gasteiger partial charge in [0.05, 0.1) is 5.56 Å². The van der Waals surface area contributed by atoms with E-state index in [-0.39, 0.29) is 24.4 Å². The lowest BCUT2D eigenvalue weighted by Crippen LogP contribution is -2.46. The summed E-state index contributed by atoms with van der Waals surface area (Å²) in [6.07, 6.45) is 3.40. The number of ether oxygens (including phenoxy) is 1. The molecule has 0 aliphatic rings. The molecule has 0 bridgehead atoms. The fourth-order valence-electron chi connectivity index (χ4n) is 5.33. The van der Waals surface area contributed by atoms with Crippen molar-refractivity contribution in [1.29, 1.82) is 0 Å². The molecule has 4 rings (SSSR count). The van der Waals surface area contributed by atoms with Gasteiger partial charge in [0, 0.05) is 61.0 Å². The van der Waals surface area contributed by atoms with Crippen LogP contribution in [-0.4, -0.2) is 53.5 Å². The number of hydrogen-bond acceptors (Lipinski definition) is 7. The quantitative estimate of drug-likeness (QED) is 0.130. The lowest BCUT2D eigenvalue weighted by molar-refractivity contribution is 0.0238. The van der Waals surface area contributed by atoms with Crippen LogP contribution in [0, 0.1) is 11.6 Å². The van der Waals surface area contributed by atoms with Gasteiger partial charge in [-0.2, -0.15) is 0 Å². The minimum atomic E-state index is -0.854. The van der Waals surface area contributed by atoms with Crippen LogP contribution in [0.15, 0.2) is 72.2 Å². The zero-order valence-corrected chi connectivity index (χ0v) is 27.4. The van der Waals surface area contributed by atoms with Gasteiger partial charge in [-0.3, -0.25) is 4.79 Å². The highest BCUT2D eigenvalue weighted by Crippen LogP contribution is 2.26. The first-order valence-corrected chi connectivity index (χ1v) is 16.6. The van der Waals surface area contributed by atoms with Crippen LogP contribution in [0.5, 0.6) is 0 Å². The van der Waals surface area contributed by atoms with E-state index in [0.717, 1.165) is 30.9 Å². The van der Waals surface area contributed by atoms with Crippen LogP contribution in [0.25, 0.3) is 10.6 Å². The minimum Gasteiger partial charge on any atom is -0.456 e. The molecule has 244 valence electrons. The molecular formula is C36H42F2N4O3S. The smallest absolute Gasteiger partial charge is 0.338 e. The summed E-state index contributed by atoms with van der Waals surface area (Å²) < 4.78 is 33.9. The normalized spacial score (nSPS) is 12.5. The molecule has 0 saturated carbocycles. The van der Waals surface area contributed by atoms with Gasteiger partial charge in [-0.15, -0.1) is 11.3 Å². The zero-order valence-electron chi connectivity index (χ0n) is 26.6. The van der Waals surface area contributed by atoms with Crippen LogP contribution in [0.1, 0.15) is 71.0 Å². The monoisotopic (exact) mass is 648 g/mol. The van der Waals surface area contributed by atoms with E-state index in [1.54, 1.807) is 29.3 Å². The Balaban J connectivity index is 1.61. The summed E-state index contributed by atoms with van der Waals surface area (Å²) in [5.74, 6) is -2.25. The number of nitrogens with one attached hydrogen (secondary N) is 1. The Hall–Kier alpha value is -3.99. The number of rotatable bonds is 16. The van der Waals surface area contributed by atoms with Gasteiger partial charge in [0.15, 0.2) is 0 Å². The number of aromatic nitrogens is 1. The summed E-state index contributed by atoms with van der Waals surface area (Å²) in [5.41, 5.74) is 10.4. The van der Waals surface area contributed by atoms with E-state index in [1.165, 1.54) is 29.0 Å². The topological polar surface area (TPSA) is 97.5 Å². The predicted octanol–water partition coefficient (Wildman–Crippen LogP) is 6.80. The summed E-state index contributed by atoms with van der Waals surface area (Å²) in [6, 6.07) is 15.6. The molecule has 0 aliphatic heterocycles. The van der Waals surface area contributed by atoms with Crippen LogP contribution in [0.2, 0.25) is 0 Å². The van der Waals surface area contributed by atoms with Crippen molar-refractivity contribution in [2.45, 2.75) is 65.1 Å². The predicted molar refractivity (Wildman–Crippen MR) is 179 cm³/mol. The Labute approximate surface area is 273 Å². The molecular weight excluding hydrogens is 606 g/mol. The molecule has 0 unspecified atom stereocenters. The molecule has 1 aromatic heterocycles. The summed E-state index contributed by atoms with van der Waals surface area (Å²) in [5, 5.41) is 5.82. The second-order valence-corrected chi connectivity index (χ2v) is 12.2. The molecule has 2 atom stereocenters. The van der Waals surface area contributed by atoms with Gasteiger partial charge in [0.1, 0.15) is 22.7 Å². The molecule has 1 heterocycles. The maximum absolute atomic E-state index is 14.0. The Morgan fingerprint density at radius 1 is 0.935 bits per heavy atom. The van der Waals surface area contributed by atoms with E-state index in [0.29, 0.717) is 41.3 Å². The maximum atomic E-state index is 14.0. The first-order valence-electron chi connectivity index (χ1n) is 15.7. The molecule has 0 fully saturated rings. The SMILES string of the molecule is CCCN(CCC)C(=O)c1cc(C(=O)O[C@H](CNCc2cccc(CC)c2)[C@@H](N)Cc2cc(F)cc(F)c2)cc(-c2nccs2)c1. The van der Waals surface area contributed by atoms with Crippen molar-refractivity contribution in [1.82, 2.24) is 15.2 Å². The molecule has 0 aliphatic carbocycles. The third kappa shape index (κ3) is 9.75. The van der Waals surface area contributed by atoms with E-state index >= 15 is 0 Å². The van der Waals surface area contributed by atoms with Crippen molar-refractivity contribution in [3.8, 4) is 10.6 Å². The van der Waals surface area contributed by atoms with E-state index in [1.807, 2.05) is 31.4 Å². The fraction of sp³-hybridized carbons (Fsp3) is 0.361. The third-order valence-corrected chi connectivity index (χ3v) is 8.40. The molecule has 0 spiro atoms. The van der Waals surface area contributed by atoms with Crippen LogP contribution < -0.4 is 11.1 Å². The second-order valence-electron chi connectivity index (χ2n) is 11.3. The largest absolute Gasteiger partial charge is 0.456 e. The van der Waals surface area contributed by atoms with Gasteiger partial charge in [0.2, 0.25) is 0 Å². The average molecular weight is 649 g/mol.